The van der Waals surface area contributed by atoms with Crippen LogP contribution < -0.4 is 10.1 Å². The Morgan fingerprint density at radius 1 is 1.07 bits per heavy atom. The summed E-state index contributed by atoms with van der Waals surface area (Å²) in [5.41, 5.74) is 1.32. The first kappa shape index (κ1) is 20.8. The molecule has 8 heteroatoms. The number of amides is 2. The maximum Gasteiger partial charge on any atom is 0.415 e. The molecule has 0 bridgehead atoms. The van der Waals surface area contributed by atoms with Gasteiger partial charge in [0.2, 0.25) is 0 Å². The van der Waals surface area contributed by atoms with Gasteiger partial charge in [0.1, 0.15) is 6.33 Å². The van der Waals surface area contributed by atoms with Crippen LogP contribution in [0.3, 0.4) is 0 Å². The molecule has 4 rings (SSSR count). The lowest BCUT2D eigenvalue weighted by molar-refractivity contribution is 0.0874. The summed E-state index contributed by atoms with van der Waals surface area (Å²) in [6, 6.07) is 4.07. The first-order valence-corrected chi connectivity index (χ1v) is 11.4. The Kier molecular flexibility index (Phi) is 6.04. The van der Waals surface area contributed by atoms with E-state index < -0.39 is 0 Å². The first-order valence-electron chi connectivity index (χ1n) is 10.5. The van der Waals surface area contributed by atoms with Gasteiger partial charge in [-0.1, -0.05) is 0 Å². The van der Waals surface area contributed by atoms with E-state index in [0.29, 0.717) is 42.1 Å². The van der Waals surface area contributed by atoms with Gasteiger partial charge in [0.05, 0.1) is 16.3 Å². The van der Waals surface area contributed by atoms with Crippen LogP contribution in [0.15, 0.2) is 18.5 Å². The maximum absolute atomic E-state index is 12.7. The highest BCUT2D eigenvalue weighted by molar-refractivity contribution is 7.13. The average Bonchev–Trinajstić information content (AvgIpc) is 3.48. The summed E-state index contributed by atoms with van der Waals surface area (Å²) in [5.74, 6) is 1.42. The fourth-order valence-corrected chi connectivity index (χ4v) is 4.95. The number of carbonyl (C=O) groups excluding carboxylic acids is 2. The molecule has 2 aromatic rings. The van der Waals surface area contributed by atoms with E-state index in [4.69, 9.17) is 4.74 Å². The zero-order valence-electron chi connectivity index (χ0n) is 17.7. The third-order valence-electron chi connectivity index (χ3n) is 6.05. The summed E-state index contributed by atoms with van der Waals surface area (Å²) in [4.78, 5) is 37.2. The van der Waals surface area contributed by atoms with E-state index in [-0.39, 0.29) is 18.0 Å². The van der Waals surface area contributed by atoms with Crippen molar-refractivity contribution in [2.75, 3.05) is 13.1 Å². The van der Waals surface area contributed by atoms with Gasteiger partial charge >= 0.3 is 6.09 Å². The summed E-state index contributed by atoms with van der Waals surface area (Å²) >= 11 is 1.53. The van der Waals surface area contributed by atoms with Crippen LogP contribution in [0.2, 0.25) is 0 Å². The third-order valence-corrected chi connectivity index (χ3v) is 7.05. The molecule has 3 heterocycles. The monoisotopic (exact) mass is 428 g/mol. The number of hydrogen-bond donors (Lipinski definition) is 1. The minimum atomic E-state index is -0.351. The molecular formula is C22H28N4O3S. The number of nitrogens with zero attached hydrogens (tertiary/aromatic N) is 3. The lowest BCUT2D eigenvalue weighted by Crippen LogP contribution is -2.48. The smallest absolute Gasteiger partial charge is 0.406 e. The van der Waals surface area contributed by atoms with Crippen LogP contribution in [0.5, 0.6) is 5.75 Å². The van der Waals surface area contributed by atoms with Gasteiger partial charge in [-0.25, -0.2) is 14.8 Å². The van der Waals surface area contributed by atoms with Crippen molar-refractivity contribution in [3.8, 4) is 5.75 Å². The number of nitrogens with one attached hydrogen (secondary N) is 1. The van der Waals surface area contributed by atoms with Crippen molar-refractivity contribution in [3.05, 3.63) is 39.6 Å². The van der Waals surface area contributed by atoms with Gasteiger partial charge in [0, 0.05) is 24.0 Å². The molecule has 7 nitrogen and oxygen atoms in total. The predicted molar refractivity (Wildman–Crippen MR) is 115 cm³/mol. The Morgan fingerprint density at radius 3 is 2.27 bits per heavy atom. The quantitative estimate of drug-likeness (QED) is 0.781. The Balaban J connectivity index is 1.34. The number of rotatable bonds is 5. The van der Waals surface area contributed by atoms with E-state index in [1.54, 1.807) is 4.90 Å². The van der Waals surface area contributed by atoms with Crippen LogP contribution in [0, 0.1) is 32.6 Å². The van der Waals surface area contributed by atoms with Gasteiger partial charge in [-0.3, -0.25) is 4.79 Å². The van der Waals surface area contributed by atoms with Crippen molar-refractivity contribution in [1.82, 2.24) is 20.2 Å². The van der Waals surface area contributed by atoms with E-state index >= 15 is 0 Å². The number of piperidine rings is 1. The van der Waals surface area contributed by atoms with Crippen molar-refractivity contribution in [2.24, 2.45) is 11.8 Å². The SMILES string of the molecule is Cc1ccc(C(=O)N[C@@H](C2CC2)C2CCN(C(=O)Oc3c(C)ncnc3C)CC2)s1. The lowest BCUT2D eigenvalue weighted by Gasteiger charge is -2.36. The Morgan fingerprint density at radius 2 is 1.70 bits per heavy atom. The highest BCUT2D eigenvalue weighted by Crippen LogP contribution is 2.39. The fraction of sp³-hybridized carbons (Fsp3) is 0.545. The van der Waals surface area contributed by atoms with Crippen LogP contribution in [0.4, 0.5) is 4.79 Å². The summed E-state index contributed by atoms with van der Waals surface area (Å²) in [5, 5.41) is 3.30. The molecule has 2 aliphatic rings. The fourth-order valence-electron chi connectivity index (χ4n) is 4.18. The summed E-state index contributed by atoms with van der Waals surface area (Å²) in [6.45, 7) is 6.89. The van der Waals surface area contributed by atoms with E-state index in [2.05, 4.69) is 15.3 Å². The van der Waals surface area contributed by atoms with Crippen LogP contribution in [-0.4, -0.2) is 46.0 Å². The van der Waals surface area contributed by atoms with Crippen molar-refractivity contribution in [2.45, 2.75) is 52.5 Å². The molecule has 1 N–H and O–H groups in total. The minimum Gasteiger partial charge on any atom is -0.406 e. The number of hydrogen-bond acceptors (Lipinski definition) is 6. The molecule has 1 saturated heterocycles. The highest BCUT2D eigenvalue weighted by atomic mass is 32.1. The topological polar surface area (TPSA) is 84.4 Å². The second-order valence-corrected chi connectivity index (χ2v) is 9.60. The van der Waals surface area contributed by atoms with Crippen molar-refractivity contribution < 1.29 is 14.3 Å². The lowest BCUT2D eigenvalue weighted by atomic mass is 9.86. The summed E-state index contributed by atoms with van der Waals surface area (Å²) in [6.07, 6.45) is 5.19. The normalized spacial score (nSPS) is 18.2. The van der Waals surface area contributed by atoms with E-state index in [9.17, 15) is 9.59 Å². The zero-order valence-corrected chi connectivity index (χ0v) is 18.5. The molecule has 2 aromatic heterocycles. The van der Waals surface area contributed by atoms with Crippen molar-refractivity contribution >= 4 is 23.3 Å². The average molecular weight is 429 g/mol. The first-order chi connectivity index (χ1) is 14.4. The Hall–Kier alpha value is -2.48. The number of likely N-dealkylation sites (tertiary alicyclic amines) is 1. The molecule has 2 amide bonds. The second kappa shape index (κ2) is 8.71. The zero-order chi connectivity index (χ0) is 21.3. The maximum atomic E-state index is 12.7. The minimum absolute atomic E-state index is 0.0295. The van der Waals surface area contributed by atoms with Gasteiger partial charge < -0.3 is 15.0 Å². The standard InChI is InChI=1S/C22H28N4O3S/c1-13-4-7-18(30-13)21(27)25-19(16-5-6-16)17-8-10-26(11-9-17)22(28)29-20-14(2)23-12-24-15(20)3/h4,7,12,16-17,19H,5-6,8-11H2,1-3H3,(H,25,27)/t19-/m0/s1. The predicted octanol–water partition coefficient (Wildman–Crippen LogP) is 3.88. The number of ether oxygens (including phenoxy) is 1. The molecule has 1 atom stereocenters. The van der Waals surface area contributed by atoms with Crippen LogP contribution in [0.25, 0.3) is 0 Å². The molecule has 0 aromatic carbocycles. The highest BCUT2D eigenvalue weighted by Gasteiger charge is 2.39. The van der Waals surface area contributed by atoms with Gasteiger partial charge in [0.15, 0.2) is 5.75 Å². The molecule has 0 spiro atoms. The number of carbonyl (C=O) groups is 2. The Labute approximate surface area is 180 Å². The van der Waals surface area contributed by atoms with Crippen LogP contribution in [-0.2, 0) is 0 Å². The Bertz CT molecular complexity index is 912. The van der Waals surface area contributed by atoms with Gasteiger partial charge in [-0.2, -0.15) is 0 Å². The van der Waals surface area contributed by atoms with Gasteiger partial charge in [-0.05, 0) is 70.4 Å². The molecule has 30 heavy (non-hydrogen) atoms. The van der Waals surface area contributed by atoms with E-state index in [1.807, 2.05) is 32.9 Å². The summed E-state index contributed by atoms with van der Waals surface area (Å²) in [7, 11) is 0. The van der Waals surface area contributed by atoms with Crippen molar-refractivity contribution in [3.63, 3.8) is 0 Å². The second-order valence-electron chi connectivity index (χ2n) is 8.31. The molecule has 1 saturated carbocycles. The molecule has 1 aliphatic carbocycles. The van der Waals surface area contributed by atoms with Crippen molar-refractivity contribution in [1.29, 1.82) is 0 Å². The largest absolute Gasteiger partial charge is 0.415 e. The van der Waals surface area contributed by atoms with Gasteiger partial charge in [0.25, 0.3) is 5.91 Å². The molecule has 2 fully saturated rings. The van der Waals surface area contributed by atoms with Crippen LogP contribution in [0.1, 0.15) is 51.6 Å². The van der Waals surface area contributed by atoms with Crippen LogP contribution >= 0.6 is 11.3 Å². The molecule has 1 aliphatic heterocycles. The van der Waals surface area contributed by atoms with E-state index in [1.165, 1.54) is 30.5 Å². The molecular weight excluding hydrogens is 400 g/mol. The number of aromatic nitrogens is 2. The molecule has 160 valence electrons. The number of thiophene rings is 1. The molecule has 0 unspecified atom stereocenters. The van der Waals surface area contributed by atoms with E-state index in [0.717, 1.165) is 22.6 Å². The number of aryl methyl sites for hydroxylation is 3. The summed E-state index contributed by atoms with van der Waals surface area (Å²) < 4.78 is 5.59. The third kappa shape index (κ3) is 4.64. The van der Waals surface area contributed by atoms with Gasteiger partial charge in [-0.15, -0.1) is 11.3 Å². The molecule has 0 radical (unpaired) electrons.